The van der Waals surface area contributed by atoms with Gasteiger partial charge in [-0.15, -0.1) is 0 Å². The molecule has 0 aromatic heterocycles. The molecule has 2 aromatic rings. The molecule has 0 saturated carbocycles. The number of hydrogen-bond acceptors (Lipinski definition) is 1. The summed E-state index contributed by atoms with van der Waals surface area (Å²) in [5.41, 5.74) is 0.904. The maximum Gasteiger partial charge on any atom is 0.118 e. The van der Waals surface area contributed by atoms with E-state index in [1.807, 2.05) is 66.7 Å². The minimum absolute atomic E-state index is 0.743. The van der Waals surface area contributed by atoms with Gasteiger partial charge in [-0.1, -0.05) is 76.6 Å². The zero-order chi connectivity index (χ0) is 13.0. The average Bonchev–Trinajstić information content (AvgIpc) is 2.41. The highest BCUT2D eigenvalue weighted by atomic mass is 79.9. The van der Waals surface area contributed by atoms with E-state index in [1.54, 1.807) is 6.92 Å². The smallest absolute Gasteiger partial charge is 0.118 e. The molecule has 0 spiro atoms. The fourth-order valence-electron chi connectivity index (χ4n) is 1.74. The van der Waals surface area contributed by atoms with Gasteiger partial charge in [0.2, 0.25) is 0 Å². The molecule has 18 heavy (non-hydrogen) atoms. The lowest BCUT2D eigenvalue weighted by molar-refractivity contribution is 0.109. The molecule has 2 rings (SSSR count). The van der Waals surface area contributed by atoms with Crippen LogP contribution in [0.25, 0.3) is 6.08 Å². The molecule has 0 heterocycles. The third kappa shape index (κ3) is 2.89. The Bertz CT molecular complexity index is 530. The third-order valence-corrected chi connectivity index (χ3v) is 3.89. The van der Waals surface area contributed by atoms with Gasteiger partial charge >= 0.3 is 0 Å². The van der Waals surface area contributed by atoms with Crippen LogP contribution in [0.5, 0.6) is 0 Å². The lowest BCUT2D eigenvalue weighted by atomic mass is 9.95. The maximum atomic E-state index is 10.6. The fraction of sp³-hybridized carbons (Fsp3) is 0.125. The van der Waals surface area contributed by atoms with Crippen LogP contribution in [0.3, 0.4) is 0 Å². The average molecular weight is 303 g/mol. The molecule has 2 aromatic carbocycles. The first-order valence-corrected chi connectivity index (χ1v) is 6.60. The van der Waals surface area contributed by atoms with E-state index in [-0.39, 0.29) is 0 Å². The lowest BCUT2D eigenvalue weighted by Crippen LogP contribution is -2.21. The van der Waals surface area contributed by atoms with E-state index in [2.05, 4.69) is 15.9 Å². The summed E-state index contributed by atoms with van der Waals surface area (Å²) >= 11 is 3.48. The number of aliphatic hydroxyl groups is 1. The molecule has 0 radical (unpaired) electrons. The molecule has 0 bridgehead atoms. The number of hydrogen-bond donors (Lipinski definition) is 1. The van der Waals surface area contributed by atoms with Crippen molar-refractivity contribution >= 4 is 22.0 Å². The Labute approximate surface area is 116 Å². The van der Waals surface area contributed by atoms with Gasteiger partial charge in [-0.25, -0.2) is 0 Å². The van der Waals surface area contributed by atoms with Crippen LogP contribution in [0.1, 0.15) is 18.1 Å². The van der Waals surface area contributed by atoms with Crippen molar-refractivity contribution in [3.63, 3.8) is 0 Å². The van der Waals surface area contributed by atoms with Crippen LogP contribution in [0.2, 0.25) is 0 Å². The minimum atomic E-state index is -1.02. The second kappa shape index (κ2) is 5.51. The second-order valence-electron chi connectivity index (χ2n) is 4.34. The monoisotopic (exact) mass is 302 g/mol. The quantitative estimate of drug-likeness (QED) is 0.895. The highest BCUT2D eigenvalue weighted by Gasteiger charge is 2.26. The summed E-state index contributed by atoms with van der Waals surface area (Å²) in [6.45, 7) is 1.78. The highest BCUT2D eigenvalue weighted by molar-refractivity contribution is 9.11. The standard InChI is InChI=1S/C16H15BrO/c1-16(18,14-10-6-3-7-11-14)15(17)12-13-8-4-2-5-9-13/h2-12,18H,1H3/b15-12-/t16-/m1/s1. The first-order valence-electron chi connectivity index (χ1n) is 5.81. The molecular weight excluding hydrogens is 288 g/mol. The summed E-state index contributed by atoms with van der Waals surface area (Å²) in [7, 11) is 0. The largest absolute Gasteiger partial charge is 0.380 e. The van der Waals surface area contributed by atoms with Crippen molar-refractivity contribution in [1.29, 1.82) is 0 Å². The van der Waals surface area contributed by atoms with Gasteiger partial charge < -0.3 is 5.11 Å². The molecule has 2 heteroatoms. The predicted octanol–water partition coefficient (Wildman–Crippen LogP) is 4.33. The summed E-state index contributed by atoms with van der Waals surface area (Å²) in [5.74, 6) is 0. The van der Waals surface area contributed by atoms with Gasteiger partial charge in [0.1, 0.15) is 5.60 Å². The van der Waals surface area contributed by atoms with Crippen molar-refractivity contribution in [3.8, 4) is 0 Å². The van der Waals surface area contributed by atoms with Gasteiger partial charge in [0, 0.05) is 4.48 Å². The Hall–Kier alpha value is -1.38. The molecule has 92 valence electrons. The van der Waals surface area contributed by atoms with Gasteiger partial charge in [-0.3, -0.25) is 0 Å². The lowest BCUT2D eigenvalue weighted by Gasteiger charge is -2.23. The van der Waals surface area contributed by atoms with Gasteiger partial charge in [-0.05, 0) is 24.1 Å². The Morgan fingerprint density at radius 1 is 1.00 bits per heavy atom. The van der Waals surface area contributed by atoms with Crippen LogP contribution >= 0.6 is 15.9 Å². The van der Waals surface area contributed by atoms with E-state index < -0.39 is 5.60 Å². The van der Waals surface area contributed by atoms with Crippen LogP contribution in [0, 0.1) is 0 Å². The second-order valence-corrected chi connectivity index (χ2v) is 5.20. The summed E-state index contributed by atoms with van der Waals surface area (Å²) in [5, 5.41) is 10.6. The minimum Gasteiger partial charge on any atom is -0.380 e. The SMILES string of the molecule is C[C@](O)(/C(Br)=C/c1ccccc1)c1ccccc1. The van der Waals surface area contributed by atoms with Crippen LogP contribution in [0.4, 0.5) is 0 Å². The molecule has 0 saturated heterocycles. The molecule has 0 aliphatic rings. The van der Waals surface area contributed by atoms with Crippen molar-refractivity contribution in [1.82, 2.24) is 0 Å². The van der Waals surface area contributed by atoms with Crippen molar-refractivity contribution in [2.75, 3.05) is 0 Å². The Morgan fingerprint density at radius 3 is 2.06 bits per heavy atom. The van der Waals surface area contributed by atoms with Gasteiger partial charge in [0.05, 0.1) is 0 Å². The topological polar surface area (TPSA) is 20.2 Å². The van der Waals surface area contributed by atoms with E-state index >= 15 is 0 Å². The Kier molecular flexibility index (Phi) is 4.00. The predicted molar refractivity (Wildman–Crippen MR) is 79.4 cm³/mol. The first-order chi connectivity index (χ1) is 8.60. The third-order valence-electron chi connectivity index (χ3n) is 2.89. The number of halogens is 1. The van der Waals surface area contributed by atoms with Crippen molar-refractivity contribution in [2.24, 2.45) is 0 Å². The van der Waals surface area contributed by atoms with Gasteiger partial charge in [0.25, 0.3) is 0 Å². The van der Waals surface area contributed by atoms with Gasteiger partial charge in [-0.2, -0.15) is 0 Å². The normalized spacial score (nSPS) is 15.2. The van der Waals surface area contributed by atoms with E-state index in [1.165, 1.54) is 0 Å². The molecule has 0 fully saturated rings. The summed E-state index contributed by atoms with van der Waals surface area (Å²) < 4.78 is 0.743. The molecule has 0 aliphatic carbocycles. The van der Waals surface area contributed by atoms with E-state index in [9.17, 15) is 5.11 Å². The highest BCUT2D eigenvalue weighted by Crippen LogP contribution is 2.34. The van der Waals surface area contributed by atoms with Crippen molar-refractivity contribution in [2.45, 2.75) is 12.5 Å². The Morgan fingerprint density at radius 2 is 1.50 bits per heavy atom. The summed E-state index contributed by atoms with van der Waals surface area (Å²) in [6, 6.07) is 19.5. The molecule has 1 atom stereocenters. The summed E-state index contributed by atoms with van der Waals surface area (Å²) in [4.78, 5) is 0. The zero-order valence-corrected chi connectivity index (χ0v) is 11.8. The molecular formula is C16H15BrO. The molecule has 1 N–H and O–H groups in total. The van der Waals surface area contributed by atoms with E-state index in [0.29, 0.717) is 0 Å². The fourth-order valence-corrected chi connectivity index (χ4v) is 2.23. The van der Waals surface area contributed by atoms with Crippen LogP contribution < -0.4 is 0 Å². The zero-order valence-electron chi connectivity index (χ0n) is 10.2. The van der Waals surface area contributed by atoms with Crippen LogP contribution in [0.15, 0.2) is 65.1 Å². The van der Waals surface area contributed by atoms with Crippen molar-refractivity contribution in [3.05, 3.63) is 76.3 Å². The van der Waals surface area contributed by atoms with Crippen LogP contribution in [-0.2, 0) is 5.60 Å². The number of benzene rings is 2. The van der Waals surface area contributed by atoms with E-state index in [4.69, 9.17) is 0 Å². The van der Waals surface area contributed by atoms with Gasteiger partial charge in [0.15, 0.2) is 0 Å². The van der Waals surface area contributed by atoms with Crippen molar-refractivity contribution < 1.29 is 5.11 Å². The van der Waals surface area contributed by atoms with E-state index in [0.717, 1.165) is 15.6 Å². The Balaban J connectivity index is 2.33. The maximum absolute atomic E-state index is 10.6. The molecule has 0 amide bonds. The molecule has 0 unspecified atom stereocenters. The first kappa shape index (κ1) is 13.1. The molecule has 0 aliphatic heterocycles. The number of rotatable bonds is 3. The molecule has 1 nitrogen and oxygen atoms in total. The summed E-state index contributed by atoms with van der Waals surface area (Å²) in [6.07, 6.45) is 1.94. The van der Waals surface area contributed by atoms with Crippen LogP contribution in [-0.4, -0.2) is 5.11 Å².